The van der Waals surface area contributed by atoms with Crippen molar-refractivity contribution in [3.8, 4) is 0 Å². The van der Waals surface area contributed by atoms with E-state index < -0.39 is 47.7 Å². The van der Waals surface area contributed by atoms with Gasteiger partial charge in [0.1, 0.15) is 0 Å². The first-order valence-electron chi connectivity index (χ1n) is 3.57. The van der Waals surface area contributed by atoms with Crippen molar-refractivity contribution >= 4 is 0 Å². The molecule has 6 heteroatoms. The first-order valence-corrected chi connectivity index (χ1v) is 3.57. The van der Waals surface area contributed by atoms with Crippen LogP contribution in [0.15, 0.2) is 0 Å². The molecule has 0 aliphatic heterocycles. The summed E-state index contributed by atoms with van der Waals surface area (Å²) in [4.78, 5) is 0. The Morgan fingerprint density at radius 1 is 0.643 bits per heavy atom. The van der Waals surface area contributed by atoms with E-state index in [9.17, 15) is 26.3 Å². The first-order chi connectivity index (χ1) is 6.50. The van der Waals surface area contributed by atoms with E-state index in [1.165, 1.54) is 0 Å². The van der Waals surface area contributed by atoms with Gasteiger partial charge in [0.25, 0.3) is 0 Å². The number of halogens is 6. The van der Waals surface area contributed by atoms with Crippen molar-refractivity contribution in [3.05, 3.63) is 34.6 Å². The molecule has 0 aliphatic carbocycles. The Labute approximate surface area is 75.2 Å². The van der Waals surface area contributed by atoms with Crippen LogP contribution in [0.25, 0.3) is 0 Å². The second-order valence-electron chi connectivity index (χ2n) is 2.49. The highest BCUT2D eigenvalue weighted by atomic mass is 19.2. The lowest BCUT2D eigenvalue weighted by molar-refractivity contribution is 0.364. The Kier molecular flexibility index (Phi) is 3.03. The zero-order valence-corrected chi connectivity index (χ0v) is 6.68. The molecular formula is C8H4F6. The largest absolute Gasteiger partial charge is 0.251 e. The lowest BCUT2D eigenvalue weighted by Gasteiger charge is -2.05. The van der Waals surface area contributed by atoms with Crippen molar-refractivity contribution < 1.29 is 26.3 Å². The molecule has 78 valence electrons. The van der Waals surface area contributed by atoms with E-state index >= 15 is 0 Å². The second kappa shape index (κ2) is 3.89. The van der Waals surface area contributed by atoms with E-state index in [0.717, 1.165) is 0 Å². The molecule has 0 spiro atoms. The number of rotatable bonds is 2. The minimum Gasteiger partial charge on any atom is -0.251 e. The van der Waals surface area contributed by atoms with Gasteiger partial charge in [-0.2, -0.15) is 0 Å². The molecule has 0 atom stereocenters. The SMILES string of the molecule is FCCc1c(F)c(F)c(F)c(F)c1F. The smallest absolute Gasteiger partial charge is 0.200 e. The molecule has 0 radical (unpaired) electrons. The number of hydrogen-bond donors (Lipinski definition) is 0. The van der Waals surface area contributed by atoms with E-state index in [2.05, 4.69) is 0 Å². The van der Waals surface area contributed by atoms with E-state index in [4.69, 9.17) is 0 Å². The molecule has 0 heterocycles. The molecule has 0 aliphatic rings. The van der Waals surface area contributed by atoms with Gasteiger partial charge >= 0.3 is 0 Å². The molecule has 14 heavy (non-hydrogen) atoms. The topological polar surface area (TPSA) is 0 Å². The summed E-state index contributed by atoms with van der Waals surface area (Å²) in [6.07, 6.45) is -0.841. The van der Waals surface area contributed by atoms with Crippen molar-refractivity contribution in [2.45, 2.75) is 6.42 Å². The Morgan fingerprint density at radius 2 is 1.00 bits per heavy atom. The summed E-state index contributed by atoms with van der Waals surface area (Å²) in [5.74, 6) is -10.3. The van der Waals surface area contributed by atoms with Crippen LogP contribution >= 0.6 is 0 Å². The molecule has 0 saturated carbocycles. The monoisotopic (exact) mass is 214 g/mol. The summed E-state index contributed by atoms with van der Waals surface area (Å²) >= 11 is 0. The summed E-state index contributed by atoms with van der Waals surface area (Å²) in [5.41, 5.74) is -1.12. The average molecular weight is 214 g/mol. The van der Waals surface area contributed by atoms with E-state index in [-0.39, 0.29) is 0 Å². The summed E-state index contributed by atoms with van der Waals surface area (Å²) in [5, 5.41) is 0. The van der Waals surface area contributed by atoms with Crippen molar-refractivity contribution in [3.63, 3.8) is 0 Å². The molecule has 1 aromatic carbocycles. The predicted octanol–water partition coefficient (Wildman–Crippen LogP) is 2.89. The minimum atomic E-state index is -2.23. The standard InChI is InChI=1S/C8H4F6/c9-2-1-3-4(10)6(12)8(14)7(13)5(3)11/h1-2H2. The molecule has 0 nitrogen and oxygen atoms in total. The highest BCUT2D eigenvalue weighted by molar-refractivity contribution is 5.24. The van der Waals surface area contributed by atoms with E-state index in [1.54, 1.807) is 0 Å². The van der Waals surface area contributed by atoms with Crippen LogP contribution in [0.1, 0.15) is 5.56 Å². The van der Waals surface area contributed by atoms with Gasteiger partial charge in [-0.15, -0.1) is 0 Å². The molecule has 0 fully saturated rings. The summed E-state index contributed by atoms with van der Waals surface area (Å²) in [6, 6.07) is 0. The van der Waals surface area contributed by atoms with Crippen LogP contribution in [0.5, 0.6) is 0 Å². The van der Waals surface area contributed by atoms with Crippen molar-refractivity contribution in [1.29, 1.82) is 0 Å². The fourth-order valence-electron chi connectivity index (χ4n) is 0.964. The van der Waals surface area contributed by atoms with Gasteiger partial charge in [-0.1, -0.05) is 0 Å². The lowest BCUT2D eigenvalue weighted by Crippen LogP contribution is -2.07. The Bertz CT molecular complexity index is 330. The number of hydrogen-bond acceptors (Lipinski definition) is 0. The van der Waals surface area contributed by atoms with Crippen molar-refractivity contribution in [2.24, 2.45) is 0 Å². The normalized spacial score (nSPS) is 10.7. The van der Waals surface area contributed by atoms with Crippen LogP contribution in [0.2, 0.25) is 0 Å². The molecule has 1 aromatic rings. The van der Waals surface area contributed by atoms with Crippen LogP contribution in [-0.2, 0) is 6.42 Å². The van der Waals surface area contributed by atoms with Gasteiger partial charge in [-0.3, -0.25) is 4.39 Å². The van der Waals surface area contributed by atoms with Crippen LogP contribution in [0.3, 0.4) is 0 Å². The maximum atomic E-state index is 12.7. The van der Waals surface area contributed by atoms with Crippen molar-refractivity contribution in [2.75, 3.05) is 6.67 Å². The van der Waals surface area contributed by atoms with Crippen LogP contribution in [-0.4, -0.2) is 6.67 Å². The van der Waals surface area contributed by atoms with E-state index in [1.807, 2.05) is 0 Å². The van der Waals surface area contributed by atoms with Gasteiger partial charge < -0.3 is 0 Å². The third kappa shape index (κ3) is 1.56. The molecular weight excluding hydrogens is 210 g/mol. The van der Waals surface area contributed by atoms with Gasteiger partial charge in [0.2, 0.25) is 5.82 Å². The van der Waals surface area contributed by atoms with Gasteiger partial charge in [0.15, 0.2) is 23.3 Å². The maximum Gasteiger partial charge on any atom is 0.200 e. The molecule has 0 unspecified atom stereocenters. The number of benzene rings is 1. The molecule has 0 amide bonds. The summed E-state index contributed by atoms with van der Waals surface area (Å²) < 4.78 is 74.4. The molecule has 0 saturated heterocycles. The lowest BCUT2D eigenvalue weighted by atomic mass is 10.1. The van der Waals surface area contributed by atoms with Gasteiger partial charge in [-0.25, -0.2) is 22.0 Å². The van der Waals surface area contributed by atoms with Gasteiger partial charge in [0.05, 0.1) is 6.67 Å². The Morgan fingerprint density at radius 3 is 1.36 bits per heavy atom. The number of alkyl halides is 1. The van der Waals surface area contributed by atoms with Crippen LogP contribution in [0, 0.1) is 29.1 Å². The minimum absolute atomic E-state index is 0.841. The third-order valence-electron chi connectivity index (χ3n) is 1.65. The highest BCUT2D eigenvalue weighted by Gasteiger charge is 2.24. The molecule has 0 aromatic heterocycles. The van der Waals surface area contributed by atoms with Gasteiger partial charge in [-0.05, 0) is 0 Å². The molecule has 0 N–H and O–H groups in total. The zero-order valence-electron chi connectivity index (χ0n) is 6.68. The maximum absolute atomic E-state index is 12.7. The molecule has 0 bridgehead atoms. The third-order valence-corrected chi connectivity index (χ3v) is 1.65. The first kappa shape index (κ1) is 10.9. The fourth-order valence-corrected chi connectivity index (χ4v) is 0.964. The van der Waals surface area contributed by atoms with E-state index in [0.29, 0.717) is 0 Å². The van der Waals surface area contributed by atoms with Crippen LogP contribution < -0.4 is 0 Å². The van der Waals surface area contributed by atoms with Crippen LogP contribution in [0.4, 0.5) is 26.3 Å². The Hall–Kier alpha value is -1.20. The molecule has 1 rings (SSSR count). The van der Waals surface area contributed by atoms with Crippen molar-refractivity contribution in [1.82, 2.24) is 0 Å². The zero-order chi connectivity index (χ0) is 10.9. The van der Waals surface area contributed by atoms with Gasteiger partial charge in [0, 0.05) is 12.0 Å². The Balaban J connectivity index is 3.43. The fraction of sp³-hybridized carbons (Fsp3) is 0.250. The summed E-state index contributed by atoms with van der Waals surface area (Å²) in [7, 11) is 0. The second-order valence-corrected chi connectivity index (χ2v) is 2.49. The average Bonchev–Trinajstić information content (AvgIpc) is 2.19. The highest BCUT2D eigenvalue weighted by Crippen LogP contribution is 2.23. The predicted molar refractivity (Wildman–Crippen MR) is 35.9 cm³/mol. The quantitative estimate of drug-likeness (QED) is 0.403. The summed E-state index contributed by atoms with van der Waals surface area (Å²) in [6.45, 7) is -1.20.